The fourth-order valence-corrected chi connectivity index (χ4v) is 3.91. The smallest absolute Gasteiger partial charge is 0.322 e. The van der Waals surface area contributed by atoms with E-state index in [0.717, 1.165) is 8.78 Å². The zero-order valence-corrected chi connectivity index (χ0v) is 12.1. The van der Waals surface area contributed by atoms with Gasteiger partial charge in [-0.05, 0) is 24.3 Å². The van der Waals surface area contributed by atoms with Crippen LogP contribution in [-0.4, -0.2) is 47.6 Å². The Labute approximate surface area is 118 Å². The third-order valence-corrected chi connectivity index (χ3v) is 5.36. The van der Waals surface area contributed by atoms with Gasteiger partial charge in [0.2, 0.25) is 10.0 Å². The molecule has 0 amide bonds. The van der Waals surface area contributed by atoms with Crippen molar-refractivity contribution in [3.63, 3.8) is 0 Å². The second kappa shape index (κ2) is 5.20. The zero-order chi connectivity index (χ0) is 14.2. The van der Waals surface area contributed by atoms with Crippen molar-refractivity contribution >= 4 is 31.9 Å². The van der Waals surface area contributed by atoms with E-state index in [1.165, 1.54) is 12.1 Å². The van der Waals surface area contributed by atoms with Gasteiger partial charge in [0.15, 0.2) is 0 Å². The first-order chi connectivity index (χ1) is 8.82. The number of aliphatic hydroxyl groups excluding tert-OH is 1. The summed E-state index contributed by atoms with van der Waals surface area (Å²) in [6.07, 6.45) is -1.04. The summed E-state index contributed by atoms with van der Waals surface area (Å²) in [6, 6.07) is 4.69. The van der Waals surface area contributed by atoms with Crippen LogP contribution in [0, 0.1) is 0 Å². The molecule has 0 saturated carbocycles. The molecule has 0 spiro atoms. The molecular formula is C11H12BrNO5S. The van der Waals surface area contributed by atoms with Crippen molar-refractivity contribution < 1.29 is 23.4 Å². The Hall–Kier alpha value is -0.960. The standard InChI is InChI=1S/C11H12BrNO5S/c12-7-1-3-9(4-2-7)19(17,18)13-6-8(14)5-10(13)11(15)16/h1-4,8,10,14H,5-6H2,(H,15,16)/t8-,10-/m0/s1. The number of carboxylic acids is 1. The number of hydrogen-bond donors (Lipinski definition) is 2. The van der Waals surface area contributed by atoms with E-state index in [1.54, 1.807) is 12.1 Å². The molecule has 0 bridgehead atoms. The van der Waals surface area contributed by atoms with Crippen LogP contribution in [0.25, 0.3) is 0 Å². The van der Waals surface area contributed by atoms with Crippen molar-refractivity contribution in [2.45, 2.75) is 23.5 Å². The first-order valence-corrected chi connectivity index (χ1v) is 7.74. The van der Waals surface area contributed by atoms with Gasteiger partial charge in [-0.2, -0.15) is 4.31 Å². The van der Waals surface area contributed by atoms with Gasteiger partial charge in [0.1, 0.15) is 6.04 Å². The number of halogens is 1. The van der Waals surface area contributed by atoms with Gasteiger partial charge in [-0.15, -0.1) is 0 Å². The Kier molecular flexibility index (Phi) is 3.95. The minimum Gasteiger partial charge on any atom is -0.480 e. The Morgan fingerprint density at radius 1 is 1.32 bits per heavy atom. The van der Waals surface area contributed by atoms with Crippen LogP contribution in [0.3, 0.4) is 0 Å². The van der Waals surface area contributed by atoms with Crippen LogP contribution in [0.5, 0.6) is 0 Å². The molecule has 1 heterocycles. The number of benzene rings is 1. The van der Waals surface area contributed by atoms with E-state index >= 15 is 0 Å². The summed E-state index contributed by atoms with van der Waals surface area (Å²) in [6.45, 7) is -0.199. The van der Waals surface area contributed by atoms with Crippen LogP contribution < -0.4 is 0 Å². The van der Waals surface area contributed by atoms with Crippen LogP contribution in [0.15, 0.2) is 33.6 Å². The summed E-state index contributed by atoms with van der Waals surface area (Å²) >= 11 is 3.20. The summed E-state index contributed by atoms with van der Waals surface area (Å²) < 4.78 is 26.2. The van der Waals surface area contributed by atoms with Gasteiger partial charge in [0, 0.05) is 17.4 Å². The molecule has 2 N–H and O–H groups in total. The van der Waals surface area contributed by atoms with Crippen molar-refractivity contribution in [1.29, 1.82) is 0 Å². The maximum absolute atomic E-state index is 12.3. The summed E-state index contributed by atoms with van der Waals surface area (Å²) in [4.78, 5) is 11.1. The highest BCUT2D eigenvalue weighted by Gasteiger charge is 2.43. The molecular weight excluding hydrogens is 338 g/mol. The zero-order valence-electron chi connectivity index (χ0n) is 9.73. The molecule has 2 atom stereocenters. The van der Waals surface area contributed by atoms with Crippen LogP contribution in [-0.2, 0) is 14.8 Å². The van der Waals surface area contributed by atoms with Gasteiger partial charge < -0.3 is 10.2 Å². The van der Waals surface area contributed by atoms with Crippen molar-refractivity contribution in [1.82, 2.24) is 4.31 Å². The van der Waals surface area contributed by atoms with Gasteiger partial charge in [-0.25, -0.2) is 8.42 Å². The van der Waals surface area contributed by atoms with Gasteiger partial charge in [-0.1, -0.05) is 15.9 Å². The topological polar surface area (TPSA) is 94.9 Å². The highest BCUT2D eigenvalue weighted by Crippen LogP contribution is 2.27. The molecule has 1 saturated heterocycles. The molecule has 1 aromatic carbocycles. The number of nitrogens with zero attached hydrogens (tertiary/aromatic N) is 1. The van der Waals surface area contributed by atoms with E-state index < -0.39 is 28.1 Å². The number of sulfonamides is 1. The normalized spacial score (nSPS) is 24.5. The molecule has 19 heavy (non-hydrogen) atoms. The molecule has 8 heteroatoms. The summed E-state index contributed by atoms with van der Waals surface area (Å²) in [5.41, 5.74) is 0. The summed E-state index contributed by atoms with van der Waals surface area (Å²) in [5, 5.41) is 18.5. The van der Waals surface area contributed by atoms with Crippen LogP contribution in [0.1, 0.15) is 6.42 Å². The third-order valence-electron chi connectivity index (χ3n) is 2.94. The van der Waals surface area contributed by atoms with Crippen molar-refractivity contribution in [2.75, 3.05) is 6.54 Å². The lowest BCUT2D eigenvalue weighted by Crippen LogP contribution is -2.40. The fourth-order valence-electron chi connectivity index (χ4n) is 2.02. The van der Waals surface area contributed by atoms with Gasteiger partial charge in [-0.3, -0.25) is 4.79 Å². The molecule has 1 fully saturated rings. The second-order valence-electron chi connectivity index (χ2n) is 4.27. The Balaban J connectivity index is 2.38. The first kappa shape index (κ1) is 14.4. The van der Waals surface area contributed by atoms with E-state index in [2.05, 4.69) is 15.9 Å². The minimum absolute atomic E-state index is 0.0102. The number of β-amino-alcohol motifs (C(OH)–C–C–N with tert-alkyl or cyclic N) is 1. The van der Waals surface area contributed by atoms with Crippen molar-refractivity contribution in [3.8, 4) is 0 Å². The molecule has 1 aliphatic rings. The maximum Gasteiger partial charge on any atom is 0.322 e. The molecule has 6 nitrogen and oxygen atoms in total. The van der Waals surface area contributed by atoms with E-state index in [-0.39, 0.29) is 17.9 Å². The number of carboxylic acid groups (broad SMARTS) is 1. The molecule has 104 valence electrons. The maximum atomic E-state index is 12.3. The minimum atomic E-state index is -3.91. The van der Waals surface area contributed by atoms with E-state index in [9.17, 15) is 18.3 Å². The predicted molar refractivity (Wildman–Crippen MR) is 70.1 cm³/mol. The van der Waals surface area contributed by atoms with E-state index in [4.69, 9.17) is 5.11 Å². The number of hydrogen-bond acceptors (Lipinski definition) is 4. The van der Waals surface area contributed by atoms with Crippen LogP contribution in [0.4, 0.5) is 0 Å². The average molecular weight is 350 g/mol. The van der Waals surface area contributed by atoms with Crippen LogP contribution in [0.2, 0.25) is 0 Å². The molecule has 1 aromatic rings. The number of rotatable bonds is 3. The Morgan fingerprint density at radius 3 is 2.42 bits per heavy atom. The monoisotopic (exact) mass is 349 g/mol. The lowest BCUT2D eigenvalue weighted by Gasteiger charge is -2.20. The fraction of sp³-hybridized carbons (Fsp3) is 0.364. The molecule has 2 rings (SSSR count). The van der Waals surface area contributed by atoms with E-state index in [0.29, 0.717) is 0 Å². The first-order valence-electron chi connectivity index (χ1n) is 5.50. The molecule has 0 unspecified atom stereocenters. The molecule has 0 radical (unpaired) electrons. The quantitative estimate of drug-likeness (QED) is 0.835. The van der Waals surface area contributed by atoms with Crippen molar-refractivity contribution in [2.24, 2.45) is 0 Å². The third kappa shape index (κ3) is 2.81. The molecule has 0 aliphatic carbocycles. The summed E-state index contributed by atoms with van der Waals surface area (Å²) in [5.74, 6) is -1.25. The van der Waals surface area contributed by atoms with Gasteiger partial charge >= 0.3 is 5.97 Å². The number of aliphatic carboxylic acids is 1. The lowest BCUT2D eigenvalue weighted by atomic mass is 10.2. The summed E-state index contributed by atoms with van der Waals surface area (Å²) in [7, 11) is -3.91. The lowest BCUT2D eigenvalue weighted by molar-refractivity contribution is -0.140. The van der Waals surface area contributed by atoms with Crippen LogP contribution >= 0.6 is 15.9 Å². The highest BCUT2D eigenvalue weighted by molar-refractivity contribution is 9.10. The van der Waals surface area contributed by atoms with E-state index in [1.807, 2.05) is 0 Å². The second-order valence-corrected chi connectivity index (χ2v) is 7.08. The SMILES string of the molecule is O=C(O)[C@@H]1C[C@H](O)CN1S(=O)(=O)c1ccc(Br)cc1. The Morgan fingerprint density at radius 2 is 1.89 bits per heavy atom. The average Bonchev–Trinajstić information content (AvgIpc) is 2.73. The molecule has 0 aromatic heterocycles. The van der Waals surface area contributed by atoms with Crippen molar-refractivity contribution in [3.05, 3.63) is 28.7 Å². The molecule has 1 aliphatic heterocycles. The largest absolute Gasteiger partial charge is 0.480 e. The predicted octanol–water partition coefficient (Wildman–Crippen LogP) is 0.658. The van der Waals surface area contributed by atoms with Gasteiger partial charge in [0.05, 0.1) is 11.0 Å². The number of aliphatic hydroxyl groups is 1. The number of carbonyl (C=O) groups is 1. The Bertz CT molecular complexity index is 586. The van der Waals surface area contributed by atoms with Gasteiger partial charge in [0.25, 0.3) is 0 Å². The highest BCUT2D eigenvalue weighted by atomic mass is 79.9.